The minimum Gasteiger partial charge on any atom is -0.480 e. The van der Waals surface area contributed by atoms with Crippen molar-refractivity contribution in [3.8, 4) is 0 Å². The highest BCUT2D eigenvalue weighted by molar-refractivity contribution is 6.31. The van der Waals surface area contributed by atoms with Crippen LogP contribution in [0.15, 0.2) is 24.3 Å². The molecule has 0 radical (unpaired) electrons. The second-order valence-corrected chi connectivity index (χ2v) is 13.5. The van der Waals surface area contributed by atoms with E-state index in [9.17, 15) is 38.7 Å². The number of aliphatic carboxylic acids is 1. The first kappa shape index (κ1) is 43.4. The Balaban J connectivity index is 3.07. The summed E-state index contributed by atoms with van der Waals surface area (Å²) in [5, 5.41) is 22.2. The highest BCUT2D eigenvalue weighted by Crippen LogP contribution is 2.16. The number of amides is 6. The molecule has 0 aromatic heterocycles. The second-order valence-electron chi connectivity index (χ2n) is 13.1. The standard InChI is InChI=1S/C33H51ClN6O10/c1-19(2)17-25(29(44)37-20(3)30(45)46)39-27(42)23(13-9-10-16-36-31(47)49-18-21-11-7-8-12-22(21)34)38-28(43)24(14-15-26(35)41)40-32(48)50-33(4,5)6/h7-8,11-12,19-20,23-25H,9-10,13-18H2,1-6H3,(H2,35,41)(H,36,47)(H,37,44)(H,38,43)(H,39,42)(H,40,48)(H,45,46)/t20-,23-,24-,25-/m0/s1. The summed E-state index contributed by atoms with van der Waals surface area (Å²) in [6.45, 7) is 9.90. The van der Waals surface area contributed by atoms with Crippen LogP contribution in [-0.2, 0) is 40.1 Å². The highest BCUT2D eigenvalue weighted by Gasteiger charge is 2.31. The van der Waals surface area contributed by atoms with Crippen LogP contribution in [0.4, 0.5) is 9.59 Å². The predicted molar refractivity (Wildman–Crippen MR) is 184 cm³/mol. The van der Waals surface area contributed by atoms with Crippen LogP contribution >= 0.6 is 11.6 Å². The Bertz CT molecular complexity index is 1340. The fourth-order valence-corrected chi connectivity index (χ4v) is 4.56. The van der Waals surface area contributed by atoms with Gasteiger partial charge in [0.05, 0.1) is 0 Å². The zero-order valence-electron chi connectivity index (χ0n) is 29.4. The van der Waals surface area contributed by atoms with Gasteiger partial charge in [0.1, 0.15) is 36.4 Å². The Morgan fingerprint density at radius 3 is 1.96 bits per heavy atom. The minimum absolute atomic E-state index is 0.0322. The van der Waals surface area contributed by atoms with E-state index < -0.39 is 71.6 Å². The van der Waals surface area contributed by atoms with E-state index in [1.54, 1.807) is 45.0 Å². The number of unbranched alkanes of at least 4 members (excludes halogenated alkanes) is 1. The molecule has 0 aliphatic rings. The van der Waals surface area contributed by atoms with Crippen molar-refractivity contribution in [2.45, 2.75) is 116 Å². The number of hydrogen-bond acceptors (Lipinski definition) is 9. The number of primary amides is 1. The van der Waals surface area contributed by atoms with E-state index in [-0.39, 0.29) is 44.8 Å². The van der Waals surface area contributed by atoms with Gasteiger partial charge in [-0.3, -0.25) is 24.0 Å². The van der Waals surface area contributed by atoms with Crippen LogP contribution in [0.3, 0.4) is 0 Å². The lowest BCUT2D eigenvalue weighted by Gasteiger charge is -2.27. The number of carbonyl (C=O) groups is 7. The van der Waals surface area contributed by atoms with Gasteiger partial charge in [-0.15, -0.1) is 0 Å². The number of hydrogen-bond donors (Lipinski definition) is 7. The van der Waals surface area contributed by atoms with Crippen molar-refractivity contribution in [3.05, 3.63) is 34.9 Å². The number of halogens is 1. The van der Waals surface area contributed by atoms with Crippen molar-refractivity contribution in [2.75, 3.05) is 6.54 Å². The minimum atomic E-state index is -1.31. The molecule has 280 valence electrons. The number of carboxylic acids is 1. The van der Waals surface area contributed by atoms with Crippen LogP contribution in [-0.4, -0.2) is 83.2 Å². The van der Waals surface area contributed by atoms with Gasteiger partial charge < -0.3 is 46.9 Å². The summed E-state index contributed by atoms with van der Waals surface area (Å²) in [4.78, 5) is 87.5. The first-order valence-corrected chi connectivity index (χ1v) is 16.7. The van der Waals surface area contributed by atoms with Gasteiger partial charge in [0.15, 0.2) is 0 Å². The average Bonchev–Trinajstić information content (AvgIpc) is 3.00. The number of nitrogens with two attached hydrogens (primary N) is 1. The van der Waals surface area contributed by atoms with Crippen molar-refractivity contribution in [3.63, 3.8) is 0 Å². The molecule has 6 amide bonds. The van der Waals surface area contributed by atoms with Crippen LogP contribution < -0.4 is 32.3 Å². The smallest absolute Gasteiger partial charge is 0.408 e. The van der Waals surface area contributed by atoms with E-state index in [0.717, 1.165) is 0 Å². The monoisotopic (exact) mass is 726 g/mol. The fourth-order valence-electron chi connectivity index (χ4n) is 4.37. The van der Waals surface area contributed by atoms with E-state index in [2.05, 4.69) is 26.6 Å². The lowest BCUT2D eigenvalue weighted by Crippen LogP contribution is -2.58. The summed E-state index contributed by atoms with van der Waals surface area (Å²) in [6, 6.07) is 1.99. The van der Waals surface area contributed by atoms with Crippen LogP contribution in [0.25, 0.3) is 0 Å². The SMILES string of the molecule is CC(C)C[C@H](NC(=O)[C@H](CCCCNC(=O)OCc1ccccc1Cl)NC(=O)[C@H](CCC(N)=O)NC(=O)OC(C)(C)C)C(=O)N[C@@H](C)C(=O)O. The number of carboxylic acid groups (broad SMARTS) is 1. The quantitative estimate of drug-likeness (QED) is 0.0968. The number of nitrogens with one attached hydrogen (secondary N) is 5. The number of alkyl carbamates (subject to hydrolysis) is 2. The topological polar surface area (TPSA) is 244 Å². The highest BCUT2D eigenvalue weighted by atomic mass is 35.5. The van der Waals surface area contributed by atoms with E-state index >= 15 is 0 Å². The number of rotatable bonds is 20. The molecular weight excluding hydrogens is 676 g/mol. The van der Waals surface area contributed by atoms with E-state index in [1.165, 1.54) is 6.92 Å². The molecule has 0 aliphatic heterocycles. The maximum atomic E-state index is 13.6. The van der Waals surface area contributed by atoms with Crippen molar-refractivity contribution >= 4 is 53.4 Å². The van der Waals surface area contributed by atoms with Gasteiger partial charge >= 0.3 is 18.2 Å². The summed E-state index contributed by atoms with van der Waals surface area (Å²) in [7, 11) is 0. The lowest BCUT2D eigenvalue weighted by molar-refractivity contribution is -0.142. The van der Waals surface area contributed by atoms with Crippen LogP contribution in [0.1, 0.15) is 85.6 Å². The molecule has 0 saturated heterocycles. The number of benzene rings is 1. The molecule has 0 spiro atoms. The van der Waals surface area contributed by atoms with Crippen LogP contribution in [0.5, 0.6) is 0 Å². The Labute approximate surface area is 297 Å². The first-order valence-electron chi connectivity index (χ1n) is 16.3. The molecule has 4 atom stereocenters. The fraction of sp³-hybridized carbons (Fsp3) is 0.606. The zero-order valence-corrected chi connectivity index (χ0v) is 30.2. The van der Waals surface area contributed by atoms with E-state index in [4.69, 9.17) is 26.8 Å². The second kappa shape index (κ2) is 21.5. The molecule has 50 heavy (non-hydrogen) atoms. The summed E-state index contributed by atoms with van der Waals surface area (Å²) in [5.41, 5.74) is 5.01. The molecule has 0 saturated carbocycles. The molecule has 1 aromatic carbocycles. The Morgan fingerprint density at radius 2 is 1.40 bits per heavy atom. The van der Waals surface area contributed by atoms with Gasteiger partial charge in [0.2, 0.25) is 23.6 Å². The van der Waals surface area contributed by atoms with Gasteiger partial charge in [0.25, 0.3) is 0 Å². The van der Waals surface area contributed by atoms with Crippen LogP contribution in [0.2, 0.25) is 5.02 Å². The average molecular weight is 727 g/mol. The number of ether oxygens (including phenoxy) is 2. The van der Waals surface area contributed by atoms with Gasteiger partial charge in [-0.25, -0.2) is 9.59 Å². The summed E-state index contributed by atoms with van der Waals surface area (Å²) < 4.78 is 10.4. The molecule has 0 unspecified atom stereocenters. The summed E-state index contributed by atoms with van der Waals surface area (Å²) in [6.07, 6.45) is -1.23. The molecule has 16 nitrogen and oxygen atoms in total. The first-order chi connectivity index (χ1) is 23.3. The van der Waals surface area contributed by atoms with Gasteiger partial charge in [-0.2, -0.15) is 0 Å². The zero-order chi connectivity index (χ0) is 38.0. The lowest BCUT2D eigenvalue weighted by atomic mass is 10.0. The molecule has 1 rings (SSSR count). The molecule has 1 aromatic rings. The van der Waals surface area contributed by atoms with Crippen LogP contribution in [0, 0.1) is 5.92 Å². The molecular formula is C33H51ClN6O10. The molecule has 0 bridgehead atoms. The Hall–Kier alpha value is -4.60. The summed E-state index contributed by atoms with van der Waals surface area (Å²) in [5.74, 6) is -4.36. The normalized spacial score (nSPS) is 13.5. The van der Waals surface area contributed by atoms with E-state index in [1.807, 2.05) is 13.8 Å². The van der Waals surface area contributed by atoms with E-state index in [0.29, 0.717) is 23.4 Å². The van der Waals surface area contributed by atoms with Crippen molar-refractivity contribution < 1.29 is 48.1 Å². The third kappa shape index (κ3) is 18.2. The molecule has 0 aliphatic carbocycles. The predicted octanol–water partition coefficient (Wildman–Crippen LogP) is 2.50. The largest absolute Gasteiger partial charge is 0.480 e. The van der Waals surface area contributed by atoms with Crippen molar-refractivity contribution in [1.29, 1.82) is 0 Å². The number of carbonyl (C=O) groups excluding carboxylic acids is 6. The third-order valence-electron chi connectivity index (χ3n) is 6.89. The van der Waals surface area contributed by atoms with Gasteiger partial charge in [-0.1, -0.05) is 43.6 Å². The molecule has 0 fully saturated rings. The van der Waals surface area contributed by atoms with Gasteiger partial charge in [-0.05, 0) is 71.8 Å². The van der Waals surface area contributed by atoms with Crippen molar-refractivity contribution in [2.24, 2.45) is 11.7 Å². The third-order valence-corrected chi connectivity index (χ3v) is 7.26. The Morgan fingerprint density at radius 1 is 0.820 bits per heavy atom. The maximum absolute atomic E-state index is 13.6. The maximum Gasteiger partial charge on any atom is 0.408 e. The van der Waals surface area contributed by atoms with Crippen molar-refractivity contribution in [1.82, 2.24) is 26.6 Å². The Kier molecular flexibility index (Phi) is 18.7. The molecule has 8 N–H and O–H groups in total. The molecule has 17 heteroatoms. The molecule has 0 heterocycles. The summed E-state index contributed by atoms with van der Waals surface area (Å²) >= 11 is 6.09. The van der Waals surface area contributed by atoms with Gasteiger partial charge in [0, 0.05) is 23.6 Å².